The van der Waals surface area contributed by atoms with E-state index in [0.717, 1.165) is 11.8 Å². The van der Waals surface area contributed by atoms with Crippen LogP contribution in [0.1, 0.15) is 86.5 Å². The van der Waals surface area contributed by atoms with Gasteiger partial charge in [-0.15, -0.1) is 0 Å². The lowest BCUT2D eigenvalue weighted by Crippen LogP contribution is -2.33. The van der Waals surface area contributed by atoms with E-state index in [1.807, 2.05) is 0 Å². The van der Waals surface area contributed by atoms with E-state index in [9.17, 15) is 0 Å². The molecule has 0 bridgehead atoms. The molecule has 1 heteroatoms. The van der Waals surface area contributed by atoms with Crippen molar-refractivity contribution in [2.24, 2.45) is 17.3 Å². The Morgan fingerprint density at radius 2 is 1.58 bits per heavy atom. The highest BCUT2D eigenvalue weighted by atomic mass is 14.9. The third kappa shape index (κ3) is 9.49. The minimum atomic E-state index is 0.507. The zero-order chi connectivity index (χ0) is 14.7. The second-order valence-electron chi connectivity index (χ2n) is 7.20. The highest BCUT2D eigenvalue weighted by Gasteiger charge is 2.24. The van der Waals surface area contributed by atoms with Gasteiger partial charge in [0.15, 0.2) is 0 Å². The molecule has 0 aliphatic carbocycles. The largest absolute Gasteiger partial charge is 0.316 e. The molecule has 0 aromatic rings. The smallest absolute Gasteiger partial charge is 0.000516 e. The molecule has 2 atom stereocenters. The fraction of sp³-hybridized carbons (Fsp3) is 1.00. The predicted octanol–water partition coefficient (Wildman–Crippen LogP) is 5.64. The quantitative estimate of drug-likeness (QED) is 0.452. The molecule has 0 aromatic heterocycles. The van der Waals surface area contributed by atoms with E-state index in [0.29, 0.717) is 5.41 Å². The van der Waals surface area contributed by atoms with Crippen LogP contribution in [0.3, 0.4) is 0 Å². The molecule has 19 heavy (non-hydrogen) atoms. The SMILES string of the molecule is CCCCNCC(C)(CCCC)CCC(C)C(C)C. The first kappa shape index (κ1) is 19.0. The lowest BCUT2D eigenvalue weighted by Gasteiger charge is -2.32. The maximum atomic E-state index is 3.69. The lowest BCUT2D eigenvalue weighted by molar-refractivity contribution is 0.218. The van der Waals surface area contributed by atoms with Gasteiger partial charge in [0.05, 0.1) is 0 Å². The van der Waals surface area contributed by atoms with Crippen LogP contribution in [-0.4, -0.2) is 13.1 Å². The van der Waals surface area contributed by atoms with Crippen LogP contribution < -0.4 is 5.32 Å². The number of rotatable bonds is 12. The zero-order valence-corrected chi connectivity index (χ0v) is 14.5. The molecule has 0 fully saturated rings. The Labute approximate surface area is 122 Å². The predicted molar refractivity (Wildman–Crippen MR) is 88.6 cm³/mol. The molecule has 1 nitrogen and oxygen atoms in total. The van der Waals surface area contributed by atoms with Crippen molar-refractivity contribution >= 4 is 0 Å². The van der Waals surface area contributed by atoms with E-state index in [1.54, 1.807) is 0 Å². The van der Waals surface area contributed by atoms with Crippen LogP contribution in [0, 0.1) is 17.3 Å². The van der Waals surface area contributed by atoms with E-state index in [1.165, 1.54) is 58.0 Å². The molecular weight excluding hydrogens is 230 g/mol. The first-order chi connectivity index (χ1) is 8.95. The molecule has 0 aliphatic rings. The van der Waals surface area contributed by atoms with Crippen molar-refractivity contribution in [1.82, 2.24) is 5.32 Å². The molecule has 0 spiro atoms. The summed E-state index contributed by atoms with van der Waals surface area (Å²) in [6.07, 6.45) is 9.45. The Bertz CT molecular complexity index is 200. The van der Waals surface area contributed by atoms with Crippen LogP contribution in [0.2, 0.25) is 0 Å². The summed E-state index contributed by atoms with van der Waals surface area (Å²) in [5, 5.41) is 3.69. The molecule has 1 N–H and O–H groups in total. The molecule has 0 rings (SSSR count). The van der Waals surface area contributed by atoms with Gasteiger partial charge in [0.2, 0.25) is 0 Å². The summed E-state index contributed by atoms with van der Waals surface area (Å²) in [5.74, 6) is 1.68. The van der Waals surface area contributed by atoms with Crippen LogP contribution in [0.25, 0.3) is 0 Å². The maximum Gasteiger partial charge on any atom is 0.000516 e. The van der Waals surface area contributed by atoms with E-state index >= 15 is 0 Å². The van der Waals surface area contributed by atoms with Gasteiger partial charge in [-0.05, 0) is 49.5 Å². The molecule has 0 heterocycles. The number of hydrogen-bond donors (Lipinski definition) is 1. The molecule has 0 saturated heterocycles. The van der Waals surface area contributed by atoms with Gasteiger partial charge in [-0.2, -0.15) is 0 Å². The van der Waals surface area contributed by atoms with Gasteiger partial charge in [0.25, 0.3) is 0 Å². The molecule has 2 unspecified atom stereocenters. The highest BCUT2D eigenvalue weighted by Crippen LogP contribution is 2.32. The zero-order valence-electron chi connectivity index (χ0n) is 14.5. The second kappa shape index (κ2) is 10.7. The monoisotopic (exact) mass is 269 g/mol. The van der Waals surface area contributed by atoms with Crippen molar-refractivity contribution in [2.75, 3.05) is 13.1 Å². The number of nitrogens with one attached hydrogen (secondary N) is 1. The summed E-state index contributed by atoms with van der Waals surface area (Å²) in [4.78, 5) is 0. The van der Waals surface area contributed by atoms with Gasteiger partial charge in [-0.3, -0.25) is 0 Å². The van der Waals surface area contributed by atoms with Crippen molar-refractivity contribution in [1.29, 1.82) is 0 Å². The van der Waals surface area contributed by atoms with Crippen molar-refractivity contribution in [3.05, 3.63) is 0 Å². The standard InChI is InChI=1S/C18H39N/c1-7-9-12-18(6,15-19-14-10-8-2)13-11-17(5)16(3)4/h16-17,19H,7-15H2,1-6H3. The topological polar surface area (TPSA) is 12.0 Å². The van der Waals surface area contributed by atoms with E-state index in [-0.39, 0.29) is 0 Å². The van der Waals surface area contributed by atoms with E-state index in [4.69, 9.17) is 0 Å². The average molecular weight is 270 g/mol. The first-order valence-electron chi connectivity index (χ1n) is 8.66. The van der Waals surface area contributed by atoms with E-state index < -0.39 is 0 Å². The van der Waals surface area contributed by atoms with Crippen LogP contribution in [-0.2, 0) is 0 Å². The molecule has 0 amide bonds. The summed E-state index contributed by atoms with van der Waals surface area (Å²) in [6, 6.07) is 0. The fourth-order valence-corrected chi connectivity index (χ4v) is 2.51. The Kier molecular flexibility index (Phi) is 10.7. The summed E-state index contributed by atoms with van der Waals surface area (Å²) in [5.41, 5.74) is 0.507. The van der Waals surface area contributed by atoms with E-state index in [2.05, 4.69) is 46.9 Å². The average Bonchev–Trinajstić information content (AvgIpc) is 2.39. The molecule has 0 saturated carbocycles. The molecule has 0 radical (unpaired) electrons. The number of hydrogen-bond acceptors (Lipinski definition) is 1. The van der Waals surface area contributed by atoms with Gasteiger partial charge in [0.1, 0.15) is 0 Å². The summed E-state index contributed by atoms with van der Waals surface area (Å²) >= 11 is 0. The first-order valence-corrected chi connectivity index (χ1v) is 8.66. The third-order valence-corrected chi connectivity index (χ3v) is 4.73. The summed E-state index contributed by atoms with van der Waals surface area (Å²) in [6.45, 7) is 16.6. The Morgan fingerprint density at radius 1 is 0.947 bits per heavy atom. The van der Waals surface area contributed by atoms with Crippen molar-refractivity contribution in [3.63, 3.8) is 0 Å². The normalized spacial score (nSPS) is 16.6. The van der Waals surface area contributed by atoms with Crippen molar-refractivity contribution in [3.8, 4) is 0 Å². The Morgan fingerprint density at radius 3 is 2.11 bits per heavy atom. The maximum absolute atomic E-state index is 3.69. The van der Waals surface area contributed by atoms with Gasteiger partial charge in [0, 0.05) is 6.54 Å². The van der Waals surface area contributed by atoms with Gasteiger partial charge >= 0.3 is 0 Å². The van der Waals surface area contributed by atoms with Crippen LogP contribution >= 0.6 is 0 Å². The minimum Gasteiger partial charge on any atom is -0.316 e. The van der Waals surface area contributed by atoms with Gasteiger partial charge in [-0.25, -0.2) is 0 Å². The van der Waals surface area contributed by atoms with Crippen molar-refractivity contribution < 1.29 is 0 Å². The van der Waals surface area contributed by atoms with Gasteiger partial charge in [-0.1, -0.05) is 60.8 Å². The molecule has 0 aromatic carbocycles. The number of unbranched alkanes of at least 4 members (excludes halogenated alkanes) is 2. The van der Waals surface area contributed by atoms with Crippen molar-refractivity contribution in [2.45, 2.75) is 86.5 Å². The lowest BCUT2D eigenvalue weighted by atomic mass is 9.77. The summed E-state index contributed by atoms with van der Waals surface area (Å²) in [7, 11) is 0. The fourth-order valence-electron chi connectivity index (χ4n) is 2.51. The Balaban J connectivity index is 4.16. The van der Waals surface area contributed by atoms with Crippen LogP contribution in [0.15, 0.2) is 0 Å². The third-order valence-electron chi connectivity index (χ3n) is 4.73. The summed E-state index contributed by atoms with van der Waals surface area (Å²) < 4.78 is 0. The highest BCUT2D eigenvalue weighted by molar-refractivity contribution is 4.78. The molecule has 116 valence electrons. The minimum absolute atomic E-state index is 0.507. The van der Waals surface area contributed by atoms with Crippen LogP contribution in [0.5, 0.6) is 0 Å². The Hall–Kier alpha value is -0.0400. The second-order valence-corrected chi connectivity index (χ2v) is 7.20. The van der Waals surface area contributed by atoms with Crippen LogP contribution in [0.4, 0.5) is 0 Å². The molecule has 0 aliphatic heterocycles. The molecular formula is C18H39N. The van der Waals surface area contributed by atoms with Gasteiger partial charge < -0.3 is 5.32 Å².